The molecule has 0 saturated carbocycles. The van der Waals surface area contributed by atoms with Crippen LogP contribution in [0.5, 0.6) is 0 Å². The number of aliphatic hydroxyl groups excluding tert-OH is 1. The fourth-order valence-corrected chi connectivity index (χ4v) is 3.41. The lowest BCUT2D eigenvalue weighted by Gasteiger charge is -2.28. The van der Waals surface area contributed by atoms with Gasteiger partial charge in [-0.25, -0.2) is 4.98 Å². The van der Waals surface area contributed by atoms with Crippen molar-refractivity contribution in [2.75, 3.05) is 13.1 Å². The van der Waals surface area contributed by atoms with Gasteiger partial charge in [0.25, 0.3) is 5.91 Å². The van der Waals surface area contributed by atoms with Gasteiger partial charge in [-0.15, -0.1) is 0 Å². The third-order valence-electron chi connectivity index (χ3n) is 5.16. The van der Waals surface area contributed by atoms with Gasteiger partial charge in [0.2, 0.25) is 0 Å². The second-order valence-electron chi connectivity index (χ2n) is 8.10. The largest absolute Gasteiger partial charge is 0.390 e. The first kappa shape index (κ1) is 23.0. The molecule has 6 nitrogen and oxygen atoms in total. The highest BCUT2D eigenvalue weighted by atomic mass is 35.5. The fourth-order valence-electron chi connectivity index (χ4n) is 3.28. The lowest BCUT2D eigenvalue weighted by Crippen LogP contribution is -2.42. The maximum absolute atomic E-state index is 12.1. The number of halogens is 1. The summed E-state index contributed by atoms with van der Waals surface area (Å²) >= 11 is 5.97. The molecule has 0 radical (unpaired) electrons. The molecule has 0 aliphatic rings. The molecule has 1 unspecified atom stereocenters. The summed E-state index contributed by atoms with van der Waals surface area (Å²) in [5, 5.41) is 17.5. The first-order chi connectivity index (χ1) is 14.8. The van der Waals surface area contributed by atoms with Gasteiger partial charge in [0.15, 0.2) is 0 Å². The highest BCUT2D eigenvalue weighted by molar-refractivity contribution is 6.30. The minimum absolute atomic E-state index is 0.0927. The third kappa shape index (κ3) is 6.92. The van der Waals surface area contributed by atoms with Crippen LogP contribution in [0.1, 0.15) is 35.5 Å². The summed E-state index contributed by atoms with van der Waals surface area (Å²) in [5.41, 5.74) is 2.33. The summed E-state index contributed by atoms with van der Waals surface area (Å²) in [4.78, 5) is 16.4. The number of nitrogens with zero attached hydrogens (tertiary/aromatic N) is 2. The maximum atomic E-state index is 12.1. The number of aromatic nitrogens is 2. The van der Waals surface area contributed by atoms with E-state index in [2.05, 4.69) is 29.5 Å². The zero-order valence-corrected chi connectivity index (χ0v) is 18.6. The maximum Gasteiger partial charge on any atom is 0.251 e. The normalized spacial score (nSPS) is 12.5. The molecule has 0 bridgehead atoms. The minimum Gasteiger partial charge on any atom is -0.390 e. The van der Waals surface area contributed by atoms with Crippen LogP contribution in [0, 0.1) is 0 Å². The molecule has 1 heterocycles. The number of amides is 1. The number of nitrogens with one attached hydrogen (secondary N) is 2. The van der Waals surface area contributed by atoms with Gasteiger partial charge in [-0.1, -0.05) is 41.9 Å². The molecule has 1 atom stereocenters. The van der Waals surface area contributed by atoms with Crippen molar-refractivity contribution in [3.63, 3.8) is 0 Å². The molecule has 164 valence electrons. The van der Waals surface area contributed by atoms with Crippen LogP contribution in [-0.4, -0.2) is 39.8 Å². The van der Waals surface area contributed by atoms with E-state index in [9.17, 15) is 9.90 Å². The van der Waals surface area contributed by atoms with E-state index >= 15 is 0 Å². The van der Waals surface area contributed by atoms with Gasteiger partial charge in [0, 0.05) is 41.8 Å². The van der Waals surface area contributed by atoms with Gasteiger partial charge >= 0.3 is 0 Å². The van der Waals surface area contributed by atoms with E-state index in [4.69, 9.17) is 11.6 Å². The van der Waals surface area contributed by atoms with Crippen LogP contribution >= 0.6 is 11.6 Å². The predicted molar refractivity (Wildman–Crippen MR) is 123 cm³/mol. The summed E-state index contributed by atoms with van der Waals surface area (Å²) < 4.78 is 1.87. The Bertz CT molecular complexity index is 971. The summed E-state index contributed by atoms with van der Waals surface area (Å²) in [5.74, 6) is -0.0927. The van der Waals surface area contributed by atoms with E-state index in [1.54, 1.807) is 18.5 Å². The van der Waals surface area contributed by atoms with Crippen LogP contribution in [-0.2, 0) is 18.5 Å². The average molecular weight is 441 g/mol. The van der Waals surface area contributed by atoms with Crippen molar-refractivity contribution in [3.05, 3.63) is 89.0 Å². The average Bonchev–Trinajstić information content (AvgIpc) is 3.20. The molecule has 0 fully saturated rings. The fraction of sp³-hybridized carbons (Fsp3) is 0.333. The van der Waals surface area contributed by atoms with Gasteiger partial charge in [-0.3, -0.25) is 4.79 Å². The number of imidazole rings is 1. The summed E-state index contributed by atoms with van der Waals surface area (Å²) in [6.45, 7) is 5.53. The number of aliphatic hydroxyl groups is 1. The first-order valence-corrected chi connectivity index (χ1v) is 10.7. The summed E-state index contributed by atoms with van der Waals surface area (Å²) in [6.07, 6.45) is 3.68. The molecular formula is C24H29ClN4O2. The van der Waals surface area contributed by atoms with Gasteiger partial charge in [-0.2, -0.15) is 0 Å². The Labute approximate surface area is 188 Å². The summed E-state index contributed by atoms with van der Waals surface area (Å²) in [7, 11) is 0. The monoisotopic (exact) mass is 440 g/mol. The minimum atomic E-state index is -0.564. The number of hydrogen-bond donors (Lipinski definition) is 3. The van der Waals surface area contributed by atoms with E-state index < -0.39 is 6.10 Å². The van der Waals surface area contributed by atoms with E-state index in [-0.39, 0.29) is 11.4 Å². The Hall–Kier alpha value is -2.67. The molecule has 3 rings (SSSR count). The van der Waals surface area contributed by atoms with Crippen LogP contribution in [0.2, 0.25) is 5.02 Å². The van der Waals surface area contributed by atoms with Crippen LogP contribution in [0.25, 0.3) is 0 Å². The highest BCUT2D eigenvalue weighted by Gasteiger charge is 2.21. The Morgan fingerprint density at radius 2 is 1.87 bits per heavy atom. The number of hydrogen-bond acceptors (Lipinski definition) is 4. The second-order valence-corrected chi connectivity index (χ2v) is 8.54. The molecule has 7 heteroatoms. The number of carbonyl (C=O) groups excluding carboxylic acids is 1. The molecule has 0 aliphatic heterocycles. The smallest absolute Gasteiger partial charge is 0.251 e. The number of rotatable bonds is 10. The standard InChI is InChI=1S/C24H29ClN4O2/c1-24(2,19-8-10-20(25)11-9-19)28-14-22(30)16-29-15-21(27-17-29)12-13-26-23(31)18-6-4-3-5-7-18/h3-11,15,17,22,28,30H,12-14,16H2,1-2H3,(H,26,31). The van der Waals surface area contributed by atoms with Gasteiger partial charge in [-0.05, 0) is 43.7 Å². The quantitative estimate of drug-likeness (QED) is 0.451. The van der Waals surface area contributed by atoms with Crippen LogP contribution in [0.3, 0.4) is 0 Å². The Balaban J connectivity index is 1.42. The third-order valence-corrected chi connectivity index (χ3v) is 5.41. The topological polar surface area (TPSA) is 79.2 Å². The van der Waals surface area contributed by atoms with Gasteiger partial charge in [0.05, 0.1) is 24.7 Å². The van der Waals surface area contributed by atoms with Gasteiger partial charge < -0.3 is 20.3 Å². The van der Waals surface area contributed by atoms with E-state index in [0.717, 1.165) is 11.3 Å². The van der Waals surface area contributed by atoms with Crippen molar-refractivity contribution in [2.24, 2.45) is 0 Å². The molecule has 1 amide bonds. The van der Waals surface area contributed by atoms with E-state index in [1.807, 2.05) is 53.2 Å². The van der Waals surface area contributed by atoms with E-state index in [0.29, 0.717) is 36.6 Å². The summed E-state index contributed by atoms with van der Waals surface area (Å²) in [6, 6.07) is 16.8. The molecular weight excluding hydrogens is 412 g/mol. The molecule has 0 saturated heterocycles. The second kappa shape index (κ2) is 10.6. The molecule has 3 aromatic rings. The molecule has 2 aromatic carbocycles. The molecule has 1 aromatic heterocycles. The lowest BCUT2D eigenvalue weighted by atomic mass is 9.94. The molecule has 31 heavy (non-hydrogen) atoms. The Kier molecular flexibility index (Phi) is 7.85. The molecule has 0 aliphatic carbocycles. The zero-order valence-electron chi connectivity index (χ0n) is 17.9. The SMILES string of the molecule is CC(C)(NCC(O)Cn1cnc(CCNC(=O)c2ccccc2)c1)c1ccc(Cl)cc1. The first-order valence-electron chi connectivity index (χ1n) is 10.4. The van der Waals surface area contributed by atoms with E-state index in [1.165, 1.54) is 0 Å². The van der Waals surface area contributed by atoms with Crippen molar-refractivity contribution >= 4 is 17.5 Å². The van der Waals surface area contributed by atoms with Crippen molar-refractivity contribution in [1.82, 2.24) is 20.2 Å². The Morgan fingerprint density at radius 1 is 1.16 bits per heavy atom. The van der Waals surface area contributed by atoms with Crippen LogP contribution in [0.4, 0.5) is 0 Å². The molecule has 3 N–H and O–H groups in total. The molecule has 0 spiro atoms. The van der Waals surface area contributed by atoms with Gasteiger partial charge in [0.1, 0.15) is 0 Å². The number of benzene rings is 2. The lowest BCUT2D eigenvalue weighted by molar-refractivity contribution is 0.0954. The van der Waals surface area contributed by atoms with Crippen molar-refractivity contribution in [2.45, 2.75) is 38.5 Å². The van der Waals surface area contributed by atoms with Crippen LogP contribution in [0.15, 0.2) is 67.1 Å². The van der Waals surface area contributed by atoms with Crippen molar-refractivity contribution < 1.29 is 9.90 Å². The number of carbonyl (C=O) groups is 1. The van der Waals surface area contributed by atoms with Crippen molar-refractivity contribution in [3.8, 4) is 0 Å². The van der Waals surface area contributed by atoms with Crippen molar-refractivity contribution in [1.29, 1.82) is 0 Å². The predicted octanol–water partition coefficient (Wildman–Crippen LogP) is 3.39. The Morgan fingerprint density at radius 3 is 2.58 bits per heavy atom. The zero-order chi connectivity index (χ0) is 22.3. The van der Waals surface area contributed by atoms with Crippen LogP contribution < -0.4 is 10.6 Å². The highest BCUT2D eigenvalue weighted by Crippen LogP contribution is 2.21.